The molecule has 1 amide bonds. The lowest BCUT2D eigenvalue weighted by molar-refractivity contribution is -0.126. The second-order valence-electron chi connectivity index (χ2n) is 7.38. The molecule has 0 spiro atoms. The molecule has 7 nitrogen and oxygen atoms in total. The van der Waals surface area contributed by atoms with Crippen molar-refractivity contribution in [2.24, 2.45) is 5.92 Å². The maximum absolute atomic E-state index is 13.5. The Morgan fingerprint density at radius 3 is 2.67 bits per heavy atom. The van der Waals surface area contributed by atoms with Crippen molar-refractivity contribution in [3.63, 3.8) is 0 Å². The van der Waals surface area contributed by atoms with Crippen LogP contribution >= 0.6 is 0 Å². The van der Waals surface area contributed by atoms with E-state index in [9.17, 15) is 13.2 Å². The number of amides is 1. The van der Waals surface area contributed by atoms with E-state index >= 15 is 0 Å². The van der Waals surface area contributed by atoms with Gasteiger partial charge in [-0.1, -0.05) is 12.8 Å². The molecule has 1 N–H and O–H groups in total. The molecule has 3 aliphatic rings. The fourth-order valence-corrected chi connectivity index (χ4v) is 6.03. The van der Waals surface area contributed by atoms with Gasteiger partial charge in [0.05, 0.1) is 10.8 Å². The number of nitrogens with one attached hydrogen (secondary N) is 1. The highest BCUT2D eigenvalue weighted by atomic mass is 32.2. The second kappa shape index (κ2) is 7.67. The highest BCUT2D eigenvalue weighted by Gasteiger charge is 2.42. The number of ether oxygens (including phenoxy) is 2. The number of benzene rings is 1. The number of nitrogens with zero attached hydrogens (tertiary/aromatic N) is 1. The summed E-state index contributed by atoms with van der Waals surface area (Å²) in [5.41, 5.74) is 0. The summed E-state index contributed by atoms with van der Waals surface area (Å²) >= 11 is 0. The molecule has 2 atom stereocenters. The lowest BCUT2D eigenvalue weighted by Crippen LogP contribution is -2.48. The molecule has 27 heavy (non-hydrogen) atoms. The third kappa shape index (κ3) is 3.65. The SMILES string of the molecule is O=C1NCCCCCN(S(=O)(=O)c2ccc3c(c2)OCCO3)C2CCCC12. The van der Waals surface area contributed by atoms with Gasteiger partial charge in [-0.2, -0.15) is 4.31 Å². The second-order valence-corrected chi connectivity index (χ2v) is 9.27. The van der Waals surface area contributed by atoms with Gasteiger partial charge in [-0.05, 0) is 37.8 Å². The molecule has 1 aliphatic carbocycles. The molecule has 2 heterocycles. The lowest BCUT2D eigenvalue weighted by Gasteiger charge is -2.33. The van der Waals surface area contributed by atoms with Gasteiger partial charge in [0.1, 0.15) is 13.2 Å². The summed E-state index contributed by atoms with van der Waals surface area (Å²) in [6.45, 7) is 2.00. The molecule has 1 saturated heterocycles. The van der Waals surface area contributed by atoms with Crippen LogP contribution in [0.1, 0.15) is 38.5 Å². The zero-order chi connectivity index (χ0) is 18.9. The Morgan fingerprint density at radius 1 is 1.00 bits per heavy atom. The van der Waals surface area contributed by atoms with Crippen molar-refractivity contribution in [1.29, 1.82) is 0 Å². The van der Waals surface area contributed by atoms with Crippen LogP contribution in [0.4, 0.5) is 0 Å². The number of rotatable bonds is 2. The minimum atomic E-state index is -3.72. The molecule has 0 aromatic heterocycles. The summed E-state index contributed by atoms with van der Waals surface area (Å²) in [7, 11) is -3.72. The predicted molar refractivity (Wildman–Crippen MR) is 99.3 cm³/mol. The van der Waals surface area contributed by atoms with Crippen molar-refractivity contribution in [3.05, 3.63) is 18.2 Å². The van der Waals surface area contributed by atoms with Gasteiger partial charge >= 0.3 is 0 Å². The van der Waals surface area contributed by atoms with Crippen LogP contribution in [0.3, 0.4) is 0 Å². The Balaban J connectivity index is 1.68. The fourth-order valence-electron chi connectivity index (χ4n) is 4.29. The highest BCUT2D eigenvalue weighted by molar-refractivity contribution is 7.89. The van der Waals surface area contributed by atoms with Crippen LogP contribution in [0, 0.1) is 5.92 Å². The summed E-state index contributed by atoms with van der Waals surface area (Å²) < 4.78 is 39.6. The minimum absolute atomic E-state index is 0.0122. The Bertz CT molecular complexity index is 810. The van der Waals surface area contributed by atoms with E-state index in [1.807, 2.05) is 0 Å². The van der Waals surface area contributed by atoms with Crippen molar-refractivity contribution in [3.8, 4) is 11.5 Å². The zero-order valence-corrected chi connectivity index (χ0v) is 16.2. The summed E-state index contributed by atoms with van der Waals surface area (Å²) in [5.74, 6) is 0.750. The molecule has 1 saturated carbocycles. The number of hydrogen-bond donors (Lipinski definition) is 1. The van der Waals surface area contributed by atoms with Gasteiger partial charge < -0.3 is 14.8 Å². The monoisotopic (exact) mass is 394 g/mol. The van der Waals surface area contributed by atoms with E-state index in [4.69, 9.17) is 9.47 Å². The molecular formula is C19H26N2O5S. The van der Waals surface area contributed by atoms with Crippen LogP contribution in [0.2, 0.25) is 0 Å². The molecular weight excluding hydrogens is 368 g/mol. The van der Waals surface area contributed by atoms with E-state index in [1.54, 1.807) is 22.5 Å². The molecule has 1 aromatic carbocycles. The summed E-state index contributed by atoms with van der Waals surface area (Å²) in [4.78, 5) is 12.7. The summed E-state index contributed by atoms with van der Waals surface area (Å²) in [6.07, 6.45) is 4.90. The summed E-state index contributed by atoms with van der Waals surface area (Å²) in [6, 6.07) is 4.50. The van der Waals surface area contributed by atoms with Gasteiger partial charge in [-0.25, -0.2) is 8.42 Å². The number of carbonyl (C=O) groups excluding carboxylic acids is 1. The molecule has 8 heteroatoms. The van der Waals surface area contributed by atoms with E-state index in [0.717, 1.165) is 38.5 Å². The van der Waals surface area contributed by atoms with Gasteiger partial charge in [0.2, 0.25) is 15.9 Å². The smallest absolute Gasteiger partial charge is 0.243 e. The van der Waals surface area contributed by atoms with Crippen molar-refractivity contribution < 1.29 is 22.7 Å². The van der Waals surface area contributed by atoms with E-state index in [-0.39, 0.29) is 22.8 Å². The maximum atomic E-state index is 13.5. The quantitative estimate of drug-likeness (QED) is 0.828. The van der Waals surface area contributed by atoms with E-state index < -0.39 is 10.0 Å². The molecule has 2 fully saturated rings. The van der Waals surface area contributed by atoms with Crippen molar-refractivity contribution in [2.75, 3.05) is 26.3 Å². The first-order valence-corrected chi connectivity index (χ1v) is 11.2. The number of fused-ring (bicyclic) bond motifs is 2. The Labute approximate surface area is 160 Å². The van der Waals surface area contributed by atoms with E-state index in [1.165, 1.54) is 0 Å². The Kier molecular flexibility index (Phi) is 5.27. The molecule has 148 valence electrons. The first kappa shape index (κ1) is 18.6. The van der Waals surface area contributed by atoms with Gasteiger partial charge in [-0.3, -0.25) is 4.79 Å². The summed E-state index contributed by atoms with van der Waals surface area (Å²) in [5, 5.41) is 2.98. The Morgan fingerprint density at radius 2 is 1.81 bits per heavy atom. The molecule has 2 aliphatic heterocycles. The first-order chi connectivity index (χ1) is 13.1. The first-order valence-electron chi connectivity index (χ1n) is 9.76. The molecule has 1 aromatic rings. The normalized spacial score (nSPS) is 26.9. The molecule has 4 rings (SSSR count). The average Bonchev–Trinajstić information content (AvgIpc) is 3.16. The fraction of sp³-hybridized carbons (Fsp3) is 0.632. The van der Waals surface area contributed by atoms with Crippen LogP contribution in [-0.2, 0) is 14.8 Å². The number of carbonyl (C=O) groups is 1. The van der Waals surface area contributed by atoms with Crippen molar-refractivity contribution >= 4 is 15.9 Å². The van der Waals surface area contributed by atoms with Crippen molar-refractivity contribution in [2.45, 2.75) is 49.5 Å². The zero-order valence-electron chi connectivity index (χ0n) is 15.4. The van der Waals surface area contributed by atoms with Gasteiger partial charge in [-0.15, -0.1) is 0 Å². The third-order valence-corrected chi connectivity index (χ3v) is 7.58. The minimum Gasteiger partial charge on any atom is -0.486 e. The van der Waals surface area contributed by atoms with Crippen LogP contribution in [0.15, 0.2) is 23.1 Å². The average molecular weight is 394 g/mol. The maximum Gasteiger partial charge on any atom is 0.243 e. The van der Waals surface area contributed by atoms with E-state index in [2.05, 4.69) is 5.32 Å². The van der Waals surface area contributed by atoms with Crippen LogP contribution in [0.25, 0.3) is 0 Å². The standard InChI is InChI=1S/C19H26N2O5S/c22-19-15-5-4-6-16(15)21(10-3-1-2-9-20-19)27(23,24)14-7-8-17-18(13-14)26-12-11-25-17/h7-8,13,15-16H,1-6,9-12H2,(H,20,22). The molecule has 2 unspecified atom stereocenters. The third-order valence-electron chi connectivity index (χ3n) is 5.66. The highest BCUT2D eigenvalue weighted by Crippen LogP contribution is 2.37. The number of hydrogen-bond acceptors (Lipinski definition) is 5. The molecule has 0 radical (unpaired) electrons. The van der Waals surface area contributed by atoms with Gasteiger partial charge in [0.15, 0.2) is 11.5 Å². The number of sulfonamides is 1. The van der Waals surface area contributed by atoms with E-state index in [0.29, 0.717) is 37.8 Å². The molecule has 0 bridgehead atoms. The largest absolute Gasteiger partial charge is 0.486 e. The van der Waals surface area contributed by atoms with Crippen LogP contribution in [-0.4, -0.2) is 51.0 Å². The Hall–Kier alpha value is -1.80. The van der Waals surface area contributed by atoms with Crippen LogP contribution < -0.4 is 14.8 Å². The van der Waals surface area contributed by atoms with Crippen molar-refractivity contribution in [1.82, 2.24) is 9.62 Å². The topological polar surface area (TPSA) is 84.9 Å². The predicted octanol–water partition coefficient (Wildman–Crippen LogP) is 1.92. The van der Waals surface area contributed by atoms with Gasteiger partial charge in [0.25, 0.3) is 0 Å². The van der Waals surface area contributed by atoms with Gasteiger partial charge in [0, 0.05) is 25.2 Å². The van der Waals surface area contributed by atoms with Crippen LogP contribution in [0.5, 0.6) is 11.5 Å². The lowest BCUT2D eigenvalue weighted by atomic mass is 10.0.